The lowest BCUT2D eigenvalue weighted by molar-refractivity contribution is 0.102. The lowest BCUT2D eigenvalue weighted by Crippen LogP contribution is -2.12. The first-order chi connectivity index (χ1) is 13.9. The zero-order chi connectivity index (χ0) is 20.5. The van der Waals surface area contributed by atoms with Crippen LogP contribution < -0.4 is 10.6 Å². The first-order valence-electron chi connectivity index (χ1n) is 8.84. The second-order valence-electron chi connectivity index (χ2n) is 6.59. The van der Waals surface area contributed by atoms with Crippen LogP contribution >= 0.6 is 23.2 Å². The number of imidazole rings is 1. The number of para-hydroxylation sites is 1. The number of fused-ring (bicyclic) bond motifs is 1. The van der Waals surface area contributed by atoms with E-state index in [0.717, 1.165) is 11.1 Å². The summed E-state index contributed by atoms with van der Waals surface area (Å²) in [6, 6.07) is 14.3. The van der Waals surface area contributed by atoms with Crippen LogP contribution in [0.2, 0.25) is 10.0 Å². The molecule has 0 bridgehead atoms. The number of aryl methyl sites for hydroxylation is 2. The molecule has 2 heterocycles. The highest BCUT2D eigenvalue weighted by atomic mass is 35.5. The van der Waals surface area contributed by atoms with Crippen LogP contribution in [-0.2, 0) is 7.05 Å². The summed E-state index contributed by atoms with van der Waals surface area (Å²) < 4.78 is 1.87. The molecule has 146 valence electrons. The Bertz CT molecular complexity index is 1210. The number of amides is 1. The minimum Gasteiger partial charge on any atom is -0.323 e. The van der Waals surface area contributed by atoms with Crippen molar-refractivity contribution in [1.82, 2.24) is 14.5 Å². The number of hydrogen-bond donors (Lipinski definition) is 2. The SMILES string of the molecule is Cc1ccnc(NC(=O)c2ccc3c(c2)nc(Nc2c(Cl)cccc2Cl)n3C)c1. The number of aromatic nitrogens is 3. The van der Waals surface area contributed by atoms with E-state index in [-0.39, 0.29) is 5.91 Å². The Morgan fingerprint density at radius 3 is 2.55 bits per heavy atom. The first-order valence-corrected chi connectivity index (χ1v) is 9.59. The Hall–Kier alpha value is -3.09. The summed E-state index contributed by atoms with van der Waals surface area (Å²) in [5, 5.41) is 6.97. The Morgan fingerprint density at radius 1 is 1.07 bits per heavy atom. The molecule has 4 aromatic rings. The molecule has 4 rings (SSSR count). The molecule has 1 amide bonds. The maximum Gasteiger partial charge on any atom is 0.256 e. The highest BCUT2D eigenvalue weighted by Crippen LogP contribution is 2.33. The molecule has 0 aliphatic heterocycles. The van der Waals surface area contributed by atoms with Crippen molar-refractivity contribution in [3.05, 3.63) is 75.9 Å². The molecule has 0 saturated heterocycles. The van der Waals surface area contributed by atoms with Crippen molar-refractivity contribution >= 4 is 57.6 Å². The monoisotopic (exact) mass is 425 g/mol. The number of nitrogens with zero attached hydrogens (tertiary/aromatic N) is 3. The highest BCUT2D eigenvalue weighted by Gasteiger charge is 2.14. The molecule has 0 aliphatic rings. The van der Waals surface area contributed by atoms with E-state index in [1.54, 1.807) is 36.5 Å². The third-order valence-electron chi connectivity index (χ3n) is 4.50. The van der Waals surface area contributed by atoms with Crippen molar-refractivity contribution in [2.75, 3.05) is 10.6 Å². The van der Waals surface area contributed by atoms with Crippen molar-refractivity contribution in [1.29, 1.82) is 0 Å². The number of carbonyl (C=O) groups excluding carboxylic acids is 1. The average molecular weight is 426 g/mol. The number of carbonyl (C=O) groups is 1. The molecule has 6 nitrogen and oxygen atoms in total. The van der Waals surface area contributed by atoms with Gasteiger partial charge in [-0.2, -0.15) is 0 Å². The van der Waals surface area contributed by atoms with Gasteiger partial charge in [0.2, 0.25) is 5.95 Å². The van der Waals surface area contributed by atoms with Gasteiger partial charge in [-0.1, -0.05) is 29.3 Å². The zero-order valence-corrected chi connectivity index (χ0v) is 17.2. The van der Waals surface area contributed by atoms with Gasteiger partial charge in [0.15, 0.2) is 0 Å². The normalized spacial score (nSPS) is 10.9. The van der Waals surface area contributed by atoms with Crippen LogP contribution in [0.25, 0.3) is 11.0 Å². The zero-order valence-electron chi connectivity index (χ0n) is 15.7. The Morgan fingerprint density at radius 2 is 1.83 bits per heavy atom. The van der Waals surface area contributed by atoms with Gasteiger partial charge in [-0.25, -0.2) is 9.97 Å². The fourth-order valence-corrected chi connectivity index (χ4v) is 3.47. The minimum absolute atomic E-state index is 0.251. The standard InChI is InChI=1S/C21H17Cl2N5O/c1-12-8-9-24-18(10-12)26-20(29)13-6-7-17-16(11-13)25-21(28(17)2)27-19-14(22)4-3-5-15(19)23/h3-11H,1-2H3,(H,25,27)(H,24,26,29). The average Bonchev–Trinajstić information content (AvgIpc) is 3.00. The summed E-state index contributed by atoms with van der Waals surface area (Å²) in [4.78, 5) is 21.4. The van der Waals surface area contributed by atoms with Gasteiger partial charge in [-0.15, -0.1) is 0 Å². The van der Waals surface area contributed by atoms with Crippen molar-refractivity contribution in [3.63, 3.8) is 0 Å². The van der Waals surface area contributed by atoms with Gasteiger partial charge in [0, 0.05) is 18.8 Å². The van der Waals surface area contributed by atoms with Gasteiger partial charge < -0.3 is 15.2 Å². The number of rotatable bonds is 4. The summed E-state index contributed by atoms with van der Waals surface area (Å²) in [5.41, 5.74) is 3.62. The number of benzene rings is 2. The number of pyridine rings is 1. The van der Waals surface area contributed by atoms with E-state index in [0.29, 0.717) is 38.6 Å². The third kappa shape index (κ3) is 3.90. The van der Waals surface area contributed by atoms with Gasteiger partial charge >= 0.3 is 0 Å². The maximum absolute atomic E-state index is 12.6. The molecule has 0 atom stereocenters. The number of anilines is 3. The van der Waals surface area contributed by atoms with Crippen LogP contribution in [-0.4, -0.2) is 20.4 Å². The predicted octanol–water partition coefficient (Wildman–Crippen LogP) is 5.58. The molecule has 29 heavy (non-hydrogen) atoms. The van der Waals surface area contributed by atoms with Gasteiger partial charge in [0.05, 0.1) is 26.8 Å². The summed E-state index contributed by atoms with van der Waals surface area (Å²) >= 11 is 12.5. The van der Waals surface area contributed by atoms with Crippen LogP contribution in [0.5, 0.6) is 0 Å². The van der Waals surface area contributed by atoms with Crippen LogP contribution in [0.3, 0.4) is 0 Å². The fraction of sp³-hybridized carbons (Fsp3) is 0.0952. The second kappa shape index (κ2) is 7.73. The van der Waals surface area contributed by atoms with Crippen LogP contribution in [0.4, 0.5) is 17.5 Å². The van der Waals surface area contributed by atoms with E-state index in [4.69, 9.17) is 23.2 Å². The first kappa shape index (κ1) is 19.2. The predicted molar refractivity (Wildman–Crippen MR) is 117 cm³/mol. The lowest BCUT2D eigenvalue weighted by atomic mass is 10.2. The van der Waals surface area contributed by atoms with Crippen LogP contribution in [0, 0.1) is 6.92 Å². The maximum atomic E-state index is 12.6. The molecule has 0 spiro atoms. The van der Waals surface area contributed by atoms with E-state index in [2.05, 4.69) is 20.6 Å². The Labute approximate surface area is 177 Å². The molecule has 0 aliphatic carbocycles. The number of hydrogen-bond acceptors (Lipinski definition) is 4. The molecule has 2 aromatic heterocycles. The topological polar surface area (TPSA) is 71.8 Å². The Balaban J connectivity index is 1.64. The van der Waals surface area contributed by atoms with Gasteiger partial charge in [-0.3, -0.25) is 4.79 Å². The molecule has 2 N–H and O–H groups in total. The second-order valence-corrected chi connectivity index (χ2v) is 7.41. The Kier molecular flexibility index (Phi) is 5.13. The summed E-state index contributed by atoms with van der Waals surface area (Å²) in [6.45, 7) is 1.94. The fourth-order valence-electron chi connectivity index (χ4n) is 2.97. The minimum atomic E-state index is -0.251. The molecule has 8 heteroatoms. The molecule has 0 radical (unpaired) electrons. The van der Waals surface area contributed by atoms with Crippen molar-refractivity contribution in [2.45, 2.75) is 6.92 Å². The van der Waals surface area contributed by atoms with E-state index in [9.17, 15) is 4.79 Å². The smallest absolute Gasteiger partial charge is 0.256 e. The van der Waals surface area contributed by atoms with Crippen molar-refractivity contribution < 1.29 is 4.79 Å². The highest BCUT2D eigenvalue weighted by molar-refractivity contribution is 6.39. The van der Waals surface area contributed by atoms with E-state index >= 15 is 0 Å². The molecule has 0 fully saturated rings. The lowest BCUT2D eigenvalue weighted by Gasteiger charge is -2.09. The molecular weight excluding hydrogens is 409 g/mol. The van der Waals surface area contributed by atoms with E-state index in [1.165, 1.54) is 0 Å². The van der Waals surface area contributed by atoms with E-state index < -0.39 is 0 Å². The van der Waals surface area contributed by atoms with Gasteiger partial charge in [0.1, 0.15) is 5.82 Å². The molecule has 0 unspecified atom stereocenters. The van der Waals surface area contributed by atoms with Crippen LogP contribution in [0.1, 0.15) is 15.9 Å². The summed E-state index contributed by atoms with van der Waals surface area (Å²) in [5.74, 6) is 0.819. The van der Waals surface area contributed by atoms with Gasteiger partial charge in [-0.05, 0) is 55.0 Å². The molecule has 2 aromatic carbocycles. The molecule has 0 saturated carbocycles. The largest absolute Gasteiger partial charge is 0.323 e. The van der Waals surface area contributed by atoms with Crippen LogP contribution in [0.15, 0.2) is 54.7 Å². The van der Waals surface area contributed by atoms with Crippen molar-refractivity contribution in [3.8, 4) is 0 Å². The van der Waals surface area contributed by atoms with Crippen molar-refractivity contribution in [2.24, 2.45) is 7.05 Å². The number of nitrogens with one attached hydrogen (secondary N) is 2. The van der Waals surface area contributed by atoms with E-state index in [1.807, 2.05) is 36.7 Å². The quantitative estimate of drug-likeness (QED) is 0.447. The third-order valence-corrected chi connectivity index (χ3v) is 5.13. The number of halogens is 2. The van der Waals surface area contributed by atoms with Gasteiger partial charge in [0.25, 0.3) is 5.91 Å². The summed E-state index contributed by atoms with van der Waals surface area (Å²) in [7, 11) is 1.87. The molecular formula is C21H17Cl2N5O. The summed E-state index contributed by atoms with van der Waals surface area (Å²) in [6.07, 6.45) is 1.66.